The van der Waals surface area contributed by atoms with E-state index in [-0.39, 0.29) is 0 Å². The molecule has 0 bridgehead atoms. The lowest BCUT2D eigenvalue weighted by molar-refractivity contribution is 0.174. The van der Waals surface area contributed by atoms with Gasteiger partial charge in [0.15, 0.2) is 0 Å². The van der Waals surface area contributed by atoms with E-state index in [9.17, 15) is 0 Å². The van der Waals surface area contributed by atoms with Gasteiger partial charge in [-0.15, -0.1) is 0 Å². The maximum absolute atomic E-state index is 3.67. The predicted octanol–water partition coefficient (Wildman–Crippen LogP) is 1.80. The lowest BCUT2D eigenvalue weighted by Crippen LogP contribution is -2.49. The van der Waals surface area contributed by atoms with Crippen molar-refractivity contribution < 1.29 is 0 Å². The minimum Gasteiger partial charge on any atom is -0.307 e. The predicted molar refractivity (Wildman–Crippen MR) is 61.8 cm³/mol. The SMILES string of the molecule is c1ccc(C2CN3CCCC3CN2)cc1. The first-order valence-corrected chi connectivity index (χ1v) is 5.96. The van der Waals surface area contributed by atoms with E-state index in [1.807, 2.05) is 0 Å². The van der Waals surface area contributed by atoms with Gasteiger partial charge in [0.1, 0.15) is 0 Å². The molecule has 15 heavy (non-hydrogen) atoms. The van der Waals surface area contributed by atoms with Gasteiger partial charge in [0, 0.05) is 25.2 Å². The molecule has 2 heterocycles. The highest BCUT2D eigenvalue weighted by Gasteiger charge is 2.31. The van der Waals surface area contributed by atoms with Crippen LogP contribution in [0.2, 0.25) is 0 Å². The molecule has 0 aliphatic carbocycles. The molecule has 0 spiro atoms. The Morgan fingerprint density at radius 2 is 2.07 bits per heavy atom. The van der Waals surface area contributed by atoms with Crippen LogP contribution in [0.25, 0.3) is 0 Å². The highest BCUT2D eigenvalue weighted by atomic mass is 15.2. The van der Waals surface area contributed by atoms with Gasteiger partial charge in [0.05, 0.1) is 0 Å². The smallest absolute Gasteiger partial charge is 0.0449 e. The zero-order valence-corrected chi connectivity index (χ0v) is 9.02. The second-order valence-corrected chi connectivity index (χ2v) is 4.66. The van der Waals surface area contributed by atoms with Crippen molar-refractivity contribution >= 4 is 0 Å². The van der Waals surface area contributed by atoms with Crippen LogP contribution in [0, 0.1) is 0 Å². The van der Waals surface area contributed by atoms with E-state index in [1.54, 1.807) is 0 Å². The molecular weight excluding hydrogens is 184 g/mol. The first-order chi connectivity index (χ1) is 7.43. The lowest BCUT2D eigenvalue weighted by Gasteiger charge is -2.36. The molecule has 1 N–H and O–H groups in total. The molecule has 2 atom stereocenters. The number of hydrogen-bond acceptors (Lipinski definition) is 2. The van der Waals surface area contributed by atoms with Gasteiger partial charge in [-0.1, -0.05) is 30.3 Å². The van der Waals surface area contributed by atoms with Gasteiger partial charge in [-0.25, -0.2) is 0 Å². The third-order valence-corrected chi connectivity index (χ3v) is 3.72. The Labute approximate surface area is 91.3 Å². The number of benzene rings is 1. The summed E-state index contributed by atoms with van der Waals surface area (Å²) in [6, 6.07) is 12.2. The van der Waals surface area contributed by atoms with E-state index in [0.29, 0.717) is 6.04 Å². The standard InChI is InChI=1S/C13H18N2/c1-2-5-11(6-3-1)13-10-15-8-4-7-12(15)9-14-13/h1-3,5-6,12-14H,4,7-10H2. The van der Waals surface area contributed by atoms with E-state index < -0.39 is 0 Å². The molecule has 2 aliphatic heterocycles. The van der Waals surface area contributed by atoms with Crippen molar-refractivity contribution in [1.82, 2.24) is 10.2 Å². The number of piperazine rings is 1. The summed E-state index contributed by atoms with van der Waals surface area (Å²) in [6.07, 6.45) is 2.77. The zero-order chi connectivity index (χ0) is 10.1. The highest BCUT2D eigenvalue weighted by Crippen LogP contribution is 2.25. The monoisotopic (exact) mass is 202 g/mol. The minimum atomic E-state index is 0.542. The second kappa shape index (κ2) is 3.95. The average molecular weight is 202 g/mol. The van der Waals surface area contributed by atoms with Crippen molar-refractivity contribution in [2.24, 2.45) is 0 Å². The van der Waals surface area contributed by atoms with E-state index in [4.69, 9.17) is 0 Å². The van der Waals surface area contributed by atoms with E-state index in [2.05, 4.69) is 40.5 Å². The van der Waals surface area contributed by atoms with Crippen molar-refractivity contribution in [1.29, 1.82) is 0 Å². The molecule has 0 amide bonds. The van der Waals surface area contributed by atoms with E-state index >= 15 is 0 Å². The molecule has 0 saturated carbocycles. The van der Waals surface area contributed by atoms with Crippen LogP contribution in [0.5, 0.6) is 0 Å². The topological polar surface area (TPSA) is 15.3 Å². The molecule has 80 valence electrons. The Morgan fingerprint density at radius 1 is 1.20 bits per heavy atom. The number of nitrogens with zero attached hydrogens (tertiary/aromatic N) is 1. The Balaban J connectivity index is 1.74. The quantitative estimate of drug-likeness (QED) is 0.747. The van der Waals surface area contributed by atoms with E-state index in [0.717, 1.165) is 6.04 Å². The molecule has 2 heteroatoms. The Hall–Kier alpha value is -0.860. The van der Waals surface area contributed by atoms with Gasteiger partial charge in [-0.2, -0.15) is 0 Å². The van der Waals surface area contributed by atoms with Crippen LogP contribution < -0.4 is 5.32 Å². The Kier molecular flexibility index (Phi) is 2.47. The molecule has 2 saturated heterocycles. The fourth-order valence-electron chi connectivity index (χ4n) is 2.85. The van der Waals surface area contributed by atoms with Crippen LogP contribution in [0.15, 0.2) is 30.3 Å². The van der Waals surface area contributed by atoms with Crippen molar-refractivity contribution in [2.45, 2.75) is 24.9 Å². The maximum Gasteiger partial charge on any atom is 0.0449 e. The van der Waals surface area contributed by atoms with Gasteiger partial charge in [0.2, 0.25) is 0 Å². The fourth-order valence-corrected chi connectivity index (χ4v) is 2.85. The number of rotatable bonds is 1. The number of fused-ring (bicyclic) bond motifs is 1. The molecule has 2 aliphatic rings. The van der Waals surface area contributed by atoms with Crippen LogP contribution >= 0.6 is 0 Å². The van der Waals surface area contributed by atoms with Crippen LogP contribution in [-0.2, 0) is 0 Å². The fraction of sp³-hybridized carbons (Fsp3) is 0.538. The largest absolute Gasteiger partial charge is 0.307 e. The normalized spacial score (nSPS) is 31.5. The number of hydrogen-bond donors (Lipinski definition) is 1. The van der Waals surface area contributed by atoms with Gasteiger partial charge in [-0.3, -0.25) is 4.90 Å². The number of nitrogens with one attached hydrogen (secondary N) is 1. The molecule has 2 unspecified atom stereocenters. The molecule has 2 nitrogen and oxygen atoms in total. The van der Waals surface area contributed by atoms with Crippen molar-refractivity contribution in [3.05, 3.63) is 35.9 Å². The van der Waals surface area contributed by atoms with E-state index in [1.165, 1.54) is 38.0 Å². The summed E-state index contributed by atoms with van der Waals surface area (Å²) < 4.78 is 0. The summed E-state index contributed by atoms with van der Waals surface area (Å²) in [5, 5.41) is 3.67. The third kappa shape index (κ3) is 1.80. The Bertz CT molecular complexity index is 323. The molecule has 2 fully saturated rings. The highest BCUT2D eigenvalue weighted by molar-refractivity contribution is 5.20. The van der Waals surface area contributed by atoms with Crippen LogP contribution in [-0.4, -0.2) is 30.6 Å². The summed E-state index contributed by atoms with van der Waals surface area (Å²) >= 11 is 0. The molecule has 1 aromatic carbocycles. The van der Waals surface area contributed by atoms with Gasteiger partial charge < -0.3 is 5.32 Å². The molecule has 0 radical (unpaired) electrons. The van der Waals surface area contributed by atoms with Crippen LogP contribution in [0.1, 0.15) is 24.4 Å². The summed E-state index contributed by atoms with van der Waals surface area (Å²) in [7, 11) is 0. The van der Waals surface area contributed by atoms with Gasteiger partial charge >= 0.3 is 0 Å². The summed E-state index contributed by atoms with van der Waals surface area (Å²) in [4.78, 5) is 2.65. The van der Waals surface area contributed by atoms with Crippen molar-refractivity contribution in [3.8, 4) is 0 Å². The van der Waals surface area contributed by atoms with Crippen LogP contribution in [0.3, 0.4) is 0 Å². The first kappa shape index (κ1) is 9.37. The Morgan fingerprint density at radius 3 is 2.93 bits per heavy atom. The molecule has 3 rings (SSSR count). The minimum absolute atomic E-state index is 0.542. The summed E-state index contributed by atoms with van der Waals surface area (Å²) in [5.74, 6) is 0. The molecule has 0 aromatic heterocycles. The average Bonchev–Trinajstić information content (AvgIpc) is 2.77. The van der Waals surface area contributed by atoms with Crippen molar-refractivity contribution in [3.63, 3.8) is 0 Å². The summed E-state index contributed by atoms with van der Waals surface area (Å²) in [6.45, 7) is 3.66. The zero-order valence-electron chi connectivity index (χ0n) is 9.02. The molecular formula is C13H18N2. The van der Waals surface area contributed by atoms with Gasteiger partial charge in [0.25, 0.3) is 0 Å². The van der Waals surface area contributed by atoms with Crippen molar-refractivity contribution in [2.75, 3.05) is 19.6 Å². The third-order valence-electron chi connectivity index (χ3n) is 3.72. The second-order valence-electron chi connectivity index (χ2n) is 4.66. The maximum atomic E-state index is 3.67. The summed E-state index contributed by atoms with van der Waals surface area (Å²) in [5.41, 5.74) is 1.43. The lowest BCUT2D eigenvalue weighted by atomic mass is 10.0. The first-order valence-electron chi connectivity index (χ1n) is 5.96. The molecule has 1 aromatic rings. The van der Waals surface area contributed by atoms with Gasteiger partial charge in [-0.05, 0) is 24.9 Å². The van der Waals surface area contributed by atoms with Crippen LogP contribution in [0.4, 0.5) is 0 Å².